The second-order valence-electron chi connectivity index (χ2n) is 11.1. The summed E-state index contributed by atoms with van der Waals surface area (Å²) in [6.07, 6.45) is 7.20. The first-order valence-corrected chi connectivity index (χ1v) is 14.6. The van der Waals surface area contributed by atoms with Crippen LogP contribution in [-0.4, -0.2) is 59.4 Å². The number of nitrogens with one attached hydrogen (secondary N) is 1. The van der Waals surface area contributed by atoms with Crippen molar-refractivity contribution in [3.05, 3.63) is 46.3 Å². The van der Waals surface area contributed by atoms with Crippen molar-refractivity contribution in [1.82, 2.24) is 14.1 Å². The van der Waals surface area contributed by atoms with E-state index in [9.17, 15) is 8.68 Å². The molecule has 206 valence electrons. The van der Waals surface area contributed by atoms with E-state index in [1.54, 1.807) is 4.90 Å². The van der Waals surface area contributed by atoms with Crippen molar-refractivity contribution in [2.45, 2.75) is 65.8 Å². The molecule has 38 heavy (non-hydrogen) atoms. The summed E-state index contributed by atoms with van der Waals surface area (Å²) in [6.45, 7) is 11.2. The van der Waals surface area contributed by atoms with E-state index in [1.807, 2.05) is 14.0 Å². The number of rotatable bonds is 9. The predicted molar refractivity (Wildman–Crippen MR) is 153 cm³/mol. The number of unbranched alkanes of at least 4 members (excludes halogenated alkanes) is 1. The average Bonchev–Trinajstić information content (AvgIpc) is 3.62. The molecule has 2 fully saturated rings. The molecule has 1 amide bonds. The second kappa shape index (κ2) is 11.4. The fourth-order valence-corrected chi connectivity index (χ4v) is 6.19. The zero-order chi connectivity index (χ0) is 27.0. The van der Waals surface area contributed by atoms with Crippen molar-refractivity contribution in [1.29, 1.82) is 0 Å². The van der Waals surface area contributed by atoms with E-state index in [-0.39, 0.29) is 24.3 Å². The van der Waals surface area contributed by atoms with E-state index in [0.29, 0.717) is 25.0 Å². The van der Waals surface area contributed by atoms with Crippen molar-refractivity contribution < 1.29 is 13.4 Å². The van der Waals surface area contributed by atoms with E-state index in [1.165, 1.54) is 16.1 Å². The highest BCUT2D eigenvalue weighted by Crippen LogP contribution is 2.50. The van der Waals surface area contributed by atoms with Crippen molar-refractivity contribution in [3.63, 3.8) is 0 Å². The number of allylic oxidation sites excluding steroid dienone is 1. The zero-order valence-corrected chi connectivity index (χ0v) is 24.0. The minimum Gasteiger partial charge on any atom is -0.379 e. The number of fused-ring (bicyclic) bond motifs is 2. The van der Waals surface area contributed by atoms with Crippen molar-refractivity contribution in [2.24, 2.45) is 11.8 Å². The number of aromatic nitrogens is 2. The van der Waals surface area contributed by atoms with Gasteiger partial charge in [-0.1, -0.05) is 19.4 Å². The molecule has 1 N–H and O–H groups in total. The Balaban J connectivity index is 1.44. The van der Waals surface area contributed by atoms with Gasteiger partial charge in [0.1, 0.15) is 5.69 Å². The van der Waals surface area contributed by atoms with E-state index < -0.39 is 0 Å². The number of likely N-dealkylation sites (N-methyl/N-ethyl adjacent to an activating group) is 1. The van der Waals surface area contributed by atoms with E-state index in [4.69, 9.17) is 9.84 Å². The molecule has 1 aliphatic heterocycles. The number of nitrogens with zero attached hydrogens (tertiary/aromatic N) is 4. The third-order valence-electron chi connectivity index (χ3n) is 8.59. The number of hydrogen-bond acceptors (Lipinski definition) is 6. The van der Waals surface area contributed by atoms with Crippen LogP contribution in [0.25, 0.3) is 5.70 Å². The molecular formula is C29H40FN5O2S. The summed E-state index contributed by atoms with van der Waals surface area (Å²) >= 11 is 0.196. The molecule has 0 bridgehead atoms. The van der Waals surface area contributed by atoms with Gasteiger partial charge < -0.3 is 15.0 Å². The van der Waals surface area contributed by atoms with Crippen LogP contribution in [0.5, 0.6) is 0 Å². The molecule has 9 heteroatoms. The number of carbonyl (C=O) groups excluding carboxylic acids is 1. The lowest BCUT2D eigenvalue weighted by molar-refractivity contribution is -0.124. The van der Waals surface area contributed by atoms with Crippen LogP contribution in [0.3, 0.4) is 0 Å². The van der Waals surface area contributed by atoms with E-state index >= 15 is 0 Å². The Morgan fingerprint density at radius 3 is 2.74 bits per heavy atom. The minimum absolute atomic E-state index is 0.0645. The van der Waals surface area contributed by atoms with Gasteiger partial charge >= 0.3 is 0 Å². The lowest BCUT2D eigenvalue weighted by Gasteiger charge is -2.33. The van der Waals surface area contributed by atoms with Crippen LogP contribution in [0.2, 0.25) is 0 Å². The van der Waals surface area contributed by atoms with Crippen LogP contribution in [0.15, 0.2) is 18.2 Å². The smallest absolute Gasteiger partial charge is 0.243 e. The summed E-state index contributed by atoms with van der Waals surface area (Å²) in [5.41, 5.74) is 8.00. The summed E-state index contributed by atoms with van der Waals surface area (Å²) in [5, 5.41) is 8.39. The average molecular weight is 542 g/mol. The lowest BCUT2D eigenvalue weighted by Crippen LogP contribution is -2.50. The number of morpholine rings is 1. The molecule has 7 nitrogen and oxygen atoms in total. The maximum atomic E-state index is 13.9. The van der Waals surface area contributed by atoms with Gasteiger partial charge in [-0.15, -0.1) is 3.89 Å². The van der Waals surface area contributed by atoms with Gasteiger partial charge in [0.05, 0.1) is 30.6 Å². The number of carbonyl (C=O) groups is 1. The monoisotopic (exact) mass is 541 g/mol. The van der Waals surface area contributed by atoms with Crippen molar-refractivity contribution in [2.75, 3.05) is 43.6 Å². The van der Waals surface area contributed by atoms with E-state index in [0.717, 1.165) is 78.4 Å². The van der Waals surface area contributed by atoms with Gasteiger partial charge in [-0.2, -0.15) is 9.19 Å². The van der Waals surface area contributed by atoms with Gasteiger partial charge in [-0.05, 0) is 81.5 Å². The molecule has 0 radical (unpaired) electrons. The molecule has 2 aromatic rings. The van der Waals surface area contributed by atoms with Crippen LogP contribution < -0.4 is 10.2 Å². The summed E-state index contributed by atoms with van der Waals surface area (Å²) in [7, 11) is 1.85. The first kappa shape index (κ1) is 27.2. The number of anilines is 2. The first-order valence-electron chi connectivity index (χ1n) is 13.9. The maximum Gasteiger partial charge on any atom is 0.243 e. The summed E-state index contributed by atoms with van der Waals surface area (Å²) < 4.78 is 20.8. The zero-order valence-electron chi connectivity index (χ0n) is 23.2. The topological polar surface area (TPSA) is 62.6 Å². The molecule has 5 rings (SSSR count). The molecule has 2 heterocycles. The largest absolute Gasteiger partial charge is 0.379 e. The van der Waals surface area contributed by atoms with Gasteiger partial charge in [0.25, 0.3) is 0 Å². The van der Waals surface area contributed by atoms with Crippen LogP contribution in [0.4, 0.5) is 15.3 Å². The lowest BCUT2D eigenvalue weighted by atomic mass is 9.94. The molecule has 0 spiro atoms. The van der Waals surface area contributed by atoms with Crippen LogP contribution >= 0.6 is 12.3 Å². The molecule has 2 aliphatic carbocycles. The first-order chi connectivity index (χ1) is 18.3. The second-order valence-corrected chi connectivity index (χ2v) is 11.6. The van der Waals surface area contributed by atoms with Gasteiger partial charge in [-0.25, -0.2) is 0 Å². The molecular weight excluding hydrogens is 501 g/mol. The summed E-state index contributed by atoms with van der Waals surface area (Å²) in [4.78, 5) is 17.4. The predicted octanol–water partition coefficient (Wildman–Crippen LogP) is 5.55. The van der Waals surface area contributed by atoms with Gasteiger partial charge in [0.15, 0.2) is 12.3 Å². The van der Waals surface area contributed by atoms with E-state index in [2.05, 4.69) is 49.2 Å². The fraction of sp³-hybridized carbons (Fsp3) is 0.586. The number of aryl methyl sites for hydroxylation is 1. The third kappa shape index (κ3) is 5.38. The van der Waals surface area contributed by atoms with Crippen LogP contribution in [0, 0.1) is 25.7 Å². The quantitative estimate of drug-likeness (QED) is 0.449. The Morgan fingerprint density at radius 1 is 1.29 bits per heavy atom. The number of amides is 1. The maximum absolute atomic E-state index is 13.9. The Morgan fingerprint density at radius 2 is 2.03 bits per heavy atom. The SMILES string of the molecule is CCC/C=C(/Nc1cc(N(C)C(=O)C(C)N2CCOCC2)cc(C)c1C)c1nn(SF)c2c1C[C@@H]1CC1C2. The van der Waals surface area contributed by atoms with Crippen LogP contribution in [-0.2, 0) is 22.4 Å². The molecule has 1 aromatic heterocycles. The number of benzene rings is 1. The van der Waals surface area contributed by atoms with Crippen LogP contribution in [0.1, 0.15) is 61.2 Å². The number of halogens is 1. The standard InChI is InChI=1S/C29H40FN5O2S/c1-6-7-8-25(28-24-15-21-14-22(21)16-27(24)35(32-28)38-30)31-26-17-23(13-18(2)19(26)3)33(5)29(36)20(4)34-9-11-37-12-10-34/h8,13,17,20-22,31H,6-7,9-12,14-16H2,1-5H3/b25-8+/t20?,21-,22?/m0/s1. The Bertz CT molecular complexity index is 1220. The van der Waals surface area contributed by atoms with Crippen molar-refractivity contribution in [3.8, 4) is 0 Å². The Hall–Kier alpha value is -2.36. The fourth-order valence-electron chi connectivity index (χ4n) is 5.81. The highest BCUT2D eigenvalue weighted by atomic mass is 32.2. The van der Waals surface area contributed by atoms with Gasteiger partial charge in [0, 0.05) is 37.1 Å². The highest BCUT2D eigenvalue weighted by molar-refractivity contribution is 7.92. The highest BCUT2D eigenvalue weighted by Gasteiger charge is 2.44. The normalized spacial score (nSPS) is 22.0. The molecule has 1 saturated heterocycles. The van der Waals surface area contributed by atoms with Gasteiger partial charge in [0.2, 0.25) is 5.91 Å². The Labute approximate surface area is 230 Å². The molecule has 1 saturated carbocycles. The molecule has 1 aromatic carbocycles. The minimum atomic E-state index is -0.220. The molecule has 3 atom stereocenters. The third-order valence-corrected chi connectivity index (χ3v) is 9.03. The number of hydrogen-bond donors (Lipinski definition) is 1. The number of ether oxygens (including phenoxy) is 1. The summed E-state index contributed by atoms with van der Waals surface area (Å²) in [6, 6.07) is 3.90. The summed E-state index contributed by atoms with van der Waals surface area (Å²) in [5.74, 6) is 1.45. The molecule has 3 aliphatic rings. The Kier molecular flexibility index (Phi) is 8.16. The molecule has 2 unspecified atom stereocenters. The van der Waals surface area contributed by atoms with Crippen molar-refractivity contribution >= 4 is 35.3 Å². The van der Waals surface area contributed by atoms with Gasteiger partial charge in [-0.3, -0.25) is 9.69 Å².